The number of nitro groups is 1. The molecule has 1 heterocycles. The van der Waals surface area contributed by atoms with Crippen LogP contribution in [0, 0.1) is 13.9 Å². The highest BCUT2D eigenvalue weighted by Gasteiger charge is 2.15. The van der Waals surface area contributed by atoms with Gasteiger partial charge in [0.25, 0.3) is 5.69 Å². The van der Waals surface area contributed by atoms with Crippen LogP contribution in [-0.2, 0) is 0 Å². The minimum absolute atomic E-state index is 0.0441. The van der Waals surface area contributed by atoms with Crippen molar-refractivity contribution in [2.45, 2.75) is 0 Å². The summed E-state index contributed by atoms with van der Waals surface area (Å²) in [5.41, 5.74) is 2.30. The summed E-state index contributed by atoms with van der Waals surface area (Å²) in [6.07, 6.45) is 0. The molecule has 0 amide bonds. The van der Waals surface area contributed by atoms with Crippen LogP contribution in [0.2, 0.25) is 0 Å². The molecule has 0 bridgehead atoms. The molecule has 0 aliphatic rings. The zero-order chi connectivity index (χ0) is 16.4. The van der Waals surface area contributed by atoms with Gasteiger partial charge in [-0.05, 0) is 36.4 Å². The fraction of sp³-hybridized carbons (Fsp3) is 0.0625. The number of nitrogens with zero attached hydrogens (tertiary/aromatic N) is 2. The molecule has 7 heteroatoms. The van der Waals surface area contributed by atoms with E-state index in [1.807, 2.05) is 24.3 Å². The van der Waals surface area contributed by atoms with Gasteiger partial charge < -0.3 is 9.15 Å². The highest BCUT2D eigenvalue weighted by Crippen LogP contribution is 2.31. The van der Waals surface area contributed by atoms with Crippen molar-refractivity contribution in [3.8, 4) is 28.5 Å². The topological polar surface area (TPSA) is 78.4 Å². The van der Waals surface area contributed by atoms with E-state index in [1.165, 1.54) is 12.1 Å². The molecule has 0 saturated heterocycles. The Kier molecular flexibility index (Phi) is 4.28. The molecular formula is C16H11IN2O4. The molecule has 116 valence electrons. The number of oxazole rings is 1. The van der Waals surface area contributed by atoms with Gasteiger partial charge in [0.2, 0.25) is 5.89 Å². The molecular weight excluding hydrogens is 411 g/mol. The minimum atomic E-state index is -0.430. The Morgan fingerprint density at radius 3 is 2.26 bits per heavy atom. The number of nitro benzene ring substituents is 1. The van der Waals surface area contributed by atoms with Gasteiger partial charge in [-0.25, -0.2) is 4.98 Å². The third kappa shape index (κ3) is 3.19. The second-order valence-corrected chi connectivity index (χ2v) is 5.65. The number of methoxy groups -OCH3 is 1. The van der Waals surface area contributed by atoms with Crippen LogP contribution in [-0.4, -0.2) is 17.0 Å². The Bertz CT molecular complexity index is 842. The highest BCUT2D eigenvalue weighted by atomic mass is 127. The van der Waals surface area contributed by atoms with Crippen LogP contribution in [0.25, 0.3) is 22.7 Å². The van der Waals surface area contributed by atoms with Crippen LogP contribution in [0.15, 0.2) is 52.9 Å². The third-order valence-electron chi connectivity index (χ3n) is 3.27. The average molecular weight is 422 g/mol. The number of non-ortho nitro benzene ring substituents is 1. The van der Waals surface area contributed by atoms with Crippen LogP contribution in [0.5, 0.6) is 5.75 Å². The van der Waals surface area contributed by atoms with Crippen LogP contribution in [0.3, 0.4) is 0 Å². The lowest BCUT2D eigenvalue weighted by atomic mass is 10.1. The zero-order valence-electron chi connectivity index (χ0n) is 12.0. The minimum Gasteiger partial charge on any atom is -0.497 e. The quantitative estimate of drug-likeness (QED) is 0.351. The predicted octanol–water partition coefficient (Wildman–Crippen LogP) is 4.53. The zero-order valence-corrected chi connectivity index (χ0v) is 14.2. The third-order valence-corrected chi connectivity index (χ3v) is 4.01. The Balaban J connectivity index is 1.95. The van der Waals surface area contributed by atoms with Gasteiger partial charge in [0, 0.05) is 45.9 Å². The molecule has 2 aromatic carbocycles. The maximum atomic E-state index is 10.7. The van der Waals surface area contributed by atoms with E-state index in [9.17, 15) is 10.1 Å². The Morgan fingerprint density at radius 1 is 1.09 bits per heavy atom. The normalized spacial score (nSPS) is 10.5. The average Bonchev–Trinajstić information content (AvgIpc) is 2.97. The Hall–Kier alpha value is -2.42. The smallest absolute Gasteiger partial charge is 0.269 e. The lowest BCUT2D eigenvalue weighted by Gasteiger charge is -1.99. The number of benzene rings is 2. The van der Waals surface area contributed by atoms with Gasteiger partial charge in [0.05, 0.1) is 12.0 Å². The van der Waals surface area contributed by atoms with Crippen molar-refractivity contribution in [3.63, 3.8) is 0 Å². The summed E-state index contributed by atoms with van der Waals surface area (Å²) in [5.74, 6) is 1.25. The van der Waals surface area contributed by atoms with E-state index < -0.39 is 4.92 Å². The van der Waals surface area contributed by atoms with Crippen LogP contribution < -0.4 is 4.74 Å². The molecule has 0 atom stereocenters. The summed E-state index contributed by atoms with van der Waals surface area (Å²) in [5, 5.41) is 10.7. The monoisotopic (exact) mass is 422 g/mol. The van der Waals surface area contributed by atoms with Crippen molar-refractivity contribution in [2.75, 3.05) is 7.11 Å². The SMILES string of the molecule is COc1ccc(-c2nc(-c3ccc([N+](=O)[O-])cc3)c(I)o2)cc1. The van der Waals surface area contributed by atoms with E-state index in [4.69, 9.17) is 9.15 Å². The van der Waals surface area contributed by atoms with Gasteiger partial charge >= 0.3 is 0 Å². The molecule has 6 nitrogen and oxygen atoms in total. The summed E-state index contributed by atoms with van der Waals surface area (Å²) in [7, 11) is 1.61. The van der Waals surface area contributed by atoms with E-state index in [0.29, 0.717) is 15.4 Å². The van der Waals surface area contributed by atoms with E-state index in [1.54, 1.807) is 19.2 Å². The molecule has 0 N–H and O–H groups in total. The van der Waals surface area contributed by atoms with Crippen molar-refractivity contribution in [2.24, 2.45) is 0 Å². The Labute approximate surface area is 145 Å². The van der Waals surface area contributed by atoms with Gasteiger partial charge in [-0.1, -0.05) is 0 Å². The molecule has 0 fully saturated rings. The second kappa shape index (κ2) is 6.37. The van der Waals surface area contributed by atoms with Crippen molar-refractivity contribution >= 4 is 28.3 Å². The standard InChI is InChI=1S/C16H11IN2O4/c1-22-13-8-4-11(5-9-13)16-18-14(15(17)23-16)10-2-6-12(7-3-10)19(20)21/h2-9H,1H3. The number of hydrogen-bond donors (Lipinski definition) is 0. The molecule has 3 rings (SSSR count). The number of ether oxygens (including phenoxy) is 1. The number of rotatable bonds is 4. The molecule has 0 unspecified atom stereocenters. The van der Waals surface area contributed by atoms with Crippen LogP contribution in [0.1, 0.15) is 0 Å². The van der Waals surface area contributed by atoms with E-state index >= 15 is 0 Å². The summed E-state index contributed by atoms with van der Waals surface area (Å²) in [6, 6.07) is 13.6. The molecule has 0 radical (unpaired) electrons. The van der Waals surface area contributed by atoms with Gasteiger partial charge in [-0.15, -0.1) is 0 Å². The Morgan fingerprint density at radius 2 is 1.70 bits per heavy atom. The second-order valence-electron chi connectivity index (χ2n) is 4.67. The maximum Gasteiger partial charge on any atom is 0.269 e. The molecule has 0 spiro atoms. The summed E-state index contributed by atoms with van der Waals surface area (Å²) in [4.78, 5) is 14.8. The fourth-order valence-electron chi connectivity index (χ4n) is 2.08. The summed E-state index contributed by atoms with van der Waals surface area (Å²) < 4.78 is 11.5. The van der Waals surface area contributed by atoms with Crippen molar-refractivity contribution in [1.29, 1.82) is 0 Å². The van der Waals surface area contributed by atoms with E-state index in [-0.39, 0.29) is 5.69 Å². The van der Waals surface area contributed by atoms with Gasteiger partial charge in [0.15, 0.2) is 3.77 Å². The van der Waals surface area contributed by atoms with Crippen LogP contribution >= 0.6 is 22.6 Å². The first-order valence-electron chi connectivity index (χ1n) is 6.64. The van der Waals surface area contributed by atoms with Crippen LogP contribution in [0.4, 0.5) is 5.69 Å². The van der Waals surface area contributed by atoms with Crippen molar-refractivity contribution in [1.82, 2.24) is 4.98 Å². The van der Waals surface area contributed by atoms with E-state index in [0.717, 1.165) is 16.9 Å². The van der Waals surface area contributed by atoms with E-state index in [2.05, 4.69) is 27.6 Å². The largest absolute Gasteiger partial charge is 0.497 e. The first-order valence-corrected chi connectivity index (χ1v) is 7.72. The predicted molar refractivity (Wildman–Crippen MR) is 93.3 cm³/mol. The van der Waals surface area contributed by atoms with Gasteiger partial charge in [-0.2, -0.15) is 0 Å². The van der Waals surface area contributed by atoms with Crippen molar-refractivity contribution < 1.29 is 14.1 Å². The highest BCUT2D eigenvalue weighted by molar-refractivity contribution is 14.1. The molecule has 3 aromatic rings. The lowest BCUT2D eigenvalue weighted by molar-refractivity contribution is -0.384. The fourth-order valence-corrected chi connectivity index (χ4v) is 2.72. The first kappa shape index (κ1) is 15.5. The summed E-state index contributed by atoms with van der Waals surface area (Å²) in [6.45, 7) is 0. The molecule has 1 aromatic heterocycles. The summed E-state index contributed by atoms with van der Waals surface area (Å²) >= 11 is 2.06. The van der Waals surface area contributed by atoms with Gasteiger partial charge in [0.1, 0.15) is 11.4 Å². The number of hydrogen-bond acceptors (Lipinski definition) is 5. The van der Waals surface area contributed by atoms with Crippen molar-refractivity contribution in [3.05, 3.63) is 62.4 Å². The molecule has 0 saturated carbocycles. The first-order chi connectivity index (χ1) is 11.1. The number of halogens is 1. The molecule has 23 heavy (non-hydrogen) atoms. The maximum absolute atomic E-state index is 10.7. The van der Waals surface area contributed by atoms with Gasteiger partial charge in [-0.3, -0.25) is 10.1 Å². The molecule has 0 aliphatic heterocycles. The molecule has 0 aliphatic carbocycles. The lowest BCUT2D eigenvalue weighted by Crippen LogP contribution is -1.88. The number of aromatic nitrogens is 1.